The van der Waals surface area contributed by atoms with Crippen molar-refractivity contribution in [2.45, 2.75) is 64.3 Å². The highest BCUT2D eigenvalue weighted by molar-refractivity contribution is 7.89. The number of rotatable bonds is 7. The van der Waals surface area contributed by atoms with Crippen LogP contribution in [-0.2, 0) is 10.0 Å². The molecule has 1 heterocycles. The number of nitrogens with zero attached hydrogens (tertiary/aromatic N) is 2. The molecular formula is C18H27N3O4S. The third-order valence-corrected chi connectivity index (χ3v) is 5.70. The van der Waals surface area contributed by atoms with E-state index in [9.17, 15) is 8.42 Å². The Morgan fingerprint density at radius 3 is 2.27 bits per heavy atom. The molecule has 0 bridgehead atoms. The molecule has 1 N–H and O–H groups in total. The number of hydrogen-bond donors (Lipinski definition) is 1. The van der Waals surface area contributed by atoms with Gasteiger partial charge in [0.2, 0.25) is 15.9 Å². The Morgan fingerprint density at radius 2 is 1.77 bits per heavy atom. The first-order valence-corrected chi connectivity index (χ1v) is 10.1. The summed E-state index contributed by atoms with van der Waals surface area (Å²) in [5.41, 5.74) is 1.95. The molecule has 0 radical (unpaired) electrons. The number of methoxy groups -OCH3 is 1. The van der Waals surface area contributed by atoms with Gasteiger partial charge in [0.1, 0.15) is 10.6 Å². The van der Waals surface area contributed by atoms with Crippen LogP contribution in [0.5, 0.6) is 5.75 Å². The molecule has 0 saturated carbocycles. The van der Waals surface area contributed by atoms with Crippen molar-refractivity contribution in [2.75, 3.05) is 7.11 Å². The van der Waals surface area contributed by atoms with E-state index in [0.29, 0.717) is 11.6 Å². The standard InChI is InChI=1S/C18H27N3O4S/c1-10(2)14-9-16(15(24-7)8-12(14)5)26(22,23)21-13(6)18-19-17(11(3)4)20-25-18/h8-11,13,21H,1-7H3/t13-/m1/s1. The first kappa shape index (κ1) is 20.4. The molecule has 26 heavy (non-hydrogen) atoms. The topological polar surface area (TPSA) is 94.3 Å². The highest BCUT2D eigenvalue weighted by Gasteiger charge is 2.27. The van der Waals surface area contributed by atoms with Crippen molar-refractivity contribution in [3.05, 3.63) is 35.0 Å². The van der Waals surface area contributed by atoms with Gasteiger partial charge in [0, 0.05) is 5.92 Å². The zero-order valence-corrected chi connectivity index (χ0v) is 17.1. The monoisotopic (exact) mass is 381 g/mol. The van der Waals surface area contributed by atoms with Crippen LogP contribution in [0.25, 0.3) is 0 Å². The van der Waals surface area contributed by atoms with Gasteiger partial charge in [-0.2, -0.15) is 9.71 Å². The second kappa shape index (κ2) is 7.75. The maximum Gasteiger partial charge on any atom is 0.244 e. The second-order valence-corrected chi connectivity index (χ2v) is 8.69. The predicted molar refractivity (Wildman–Crippen MR) is 98.9 cm³/mol. The van der Waals surface area contributed by atoms with Gasteiger partial charge in [0.25, 0.3) is 0 Å². The lowest BCUT2D eigenvalue weighted by Gasteiger charge is -2.17. The van der Waals surface area contributed by atoms with Gasteiger partial charge in [0.15, 0.2) is 5.82 Å². The number of ether oxygens (including phenoxy) is 1. The van der Waals surface area contributed by atoms with Gasteiger partial charge in [0.05, 0.1) is 13.2 Å². The van der Waals surface area contributed by atoms with E-state index in [4.69, 9.17) is 9.26 Å². The number of nitrogens with one attached hydrogen (secondary N) is 1. The fourth-order valence-electron chi connectivity index (χ4n) is 2.67. The molecule has 0 saturated heterocycles. The maximum atomic E-state index is 12.9. The molecule has 8 heteroatoms. The summed E-state index contributed by atoms with van der Waals surface area (Å²) in [5.74, 6) is 1.37. The minimum absolute atomic E-state index is 0.0992. The second-order valence-electron chi connectivity index (χ2n) is 7.00. The number of aromatic nitrogens is 2. The van der Waals surface area contributed by atoms with E-state index < -0.39 is 16.1 Å². The molecule has 0 unspecified atom stereocenters. The van der Waals surface area contributed by atoms with Crippen LogP contribution >= 0.6 is 0 Å². The number of aryl methyl sites for hydroxylation is 1. The average molecular weight is 381 g/mol. The summed E-state index contributed by atoms with van der Waals surface area (Å²) in [6, 6.07) is 2.76. The van der Waals surface area contributed by atoms with Crippen molar-refractivity contribution in [3.8, 4) is 5.75 Å². The van der Waals surface area contributed by atoms with E-state index in [0.717, 1.165) is 11.1 Å². The molecule has 144 valence electrons. The van der Waals surface area contributed by atoms with Crippen molar-refractivity contribution >= 4 is 10.0 Å². The number of sulfonamides is 1. The summed E-state index contributed by atoms with van der Waals surface area (Å²) in [4.78, 5) is 4.36. The molecule has 2 rings (SSSR count). The Hall–Kier alpha value is -1.93. The van der Waals surface area contributed by atoms with E-state index in [1.165, 1.54) is 7.11 Å². The van der Waals surface area contributed by atoms with Crippen LogP contribution in [-0.4, -0.2) is 25.7 Å². The minimum Gasteiger partial charge on any atom is -0.495 e. The van der Waals surface area contributed by atoms with Crippen molar-refractivity contribution in [1.82, 2.24) is 14.9 Å². The molecule has 1 atom stereocenters. The van der Waals surface area contributed by atoms with Crippen LogP contribution in [0.4, 0.5) is 0 Å². The Balaban J connectivity index is 2.38. The average Bonchev–Trinajstić information content (AvgIpc) is 3.03. The molecule has 7 nitrogen and oxygen atoms in total. The van der Waals surface area contributed by atoms with Crippen LogP contribution in [0.3, 0.4) is 0 Å². The SMILES string of the molecule is COc1cc(C)c(C(C)C)cc1S(=O)(=O)N[C@H](C)c1nc(C(C)C)no1. The van der Waals surface area contributed by atoms with Crippen LogP contribution in [0.2, 0.25) is 0 Å². The van der Waals surface area contributed by atoms with Gasteiger partial charge >= 0.3 is 0 Å². The molecule has 0 fully saturated rings. The number of benzene rings is 1. The minimum atomic E-state index is -3.84. The summed E-state index contributed by atoms with van der Waals surface area (Å²) >= 11 is 0. The maximum absolute atomic E-state index is 12.9. The lowest BCUT2D eigenvalue weighted by atomic mass is 9.98. The summed E-state index contributed by atoms with van der Waals surface area (Å²) < 4.78 is 39.0. The molecule has 2 aromatic rings. The van der Waals surface area contributed by atoms with Crippen molar-refractivity contribution in [1.29, 1.82) is 0 Å². The van der Waals surface area contributed by atoms with E-state index in [1.54, 1.807) is 19.1 Å². The van der Waals surface area contributed by atoms with Crippen LogP contribution in [0, 0.1) is 6.92 Å². The zero-order chi connectivity index (χ0) is 19.6. The van der Waals surface area contributed by atoms with Gasteiger partial charge in [-0.1, -0.05) is 32.9 Å². The molecule has 0 spiro atoms. The number of hydrogen-bond acceptors (Lipinski definition) is 6. The highest BCUT2D eigenvalue weighted by atomic mass is 32.2. The molecular weight excluding hydrogens is 354 g/mol. The Bertz CT molecular complexity index is 873. The smallest absolute Gasteiger partial charge is 0.244 e. The van der Waals surface area contributed by atoms with E-state index in [2.05, 4.69) is 14.9 Å². The zero-order valence-electron chi connectivity index (χ0n) is 16.3. The quantitative estimate of drug-likeness (QED) is 0.786. The third-order valence-electron chi connectivity index (χ3n) is 4.14. The van der Waals surface area contributed by atoms with Gasteiger partial charge < -0.3 is 9.26 Å². The lowest BCUT2D eigenvalue weighted by molar-refractivity contribution is 0.348. The third kappa shape index (κ3) is 4.24. The van der Waals surface area contributed by atoms with Crippen LogP contribution < -0.4 is 9.46 Å². The summed E-state index contributed by atoms with van der Waals surface area (Å²) in [6.07, 6.45) is 0. The first-order valence-electron chi connectivity index (χ1n) is 8.61. The molecule has 0 aliphatic rings. The van der Waals surface area contributed by atoms with Gasteiger partial charge in [-0.3, -0.25) is 0 Å². The lowest BCUT2D eigenvalue weighted by Crippen LogP contribution is -2.27. The molecule has 1 aromatic heterocycles. The normalized spacial score (nSPS) is 13.4. The first-order chi connectivity index (χ1) is 12.1. The predicted octanol–water partition coefficient (Wildman–Crippen LogP) is 3.67. The fraction of sp³-hybridized carbons (Fsp3) is 0.556. The van der Waals surface area contributed by atoms with Crippen LogP contribution in [0.15, 0.2) is 21.6 Å². The molecule has 0 amide bonds. The van der Waals surface area contributed by atoms with Gasteiger partial charge in [-0.25, -0.2) is 8.42 Å². The van der Waals surface area contributed by atoms with Gasteiger partial charge in [-0.05, 0) is 43.0 Å². The van der Waals surface area contributed by atoms with Gasteiger partial charge in [-0.15, -0.1) is 0 Å². The van der Waals surface area contributed by atoms with E-state index >= 15 is 0 Å². The molecule has 1 aromatic carbocycles. The van der Waals surface area contributed by atoms with Crippen LogP contribution in [0.1, 0.15) is 75.3 Å². The fourth-order valence-corrected chi connectivity index (χ4v) is 4.06. The summed E-state index contributed by atoms with van der Waals surface area (Å²) in [6.45, 7) is 11.5. The van der Waals surface area contributed by atoms with Crippen molar-refractivity contribution in [3.63, 3.8) is 0 Å². The molecule has 0 aliphatic heterocycles. The highest BCUT2D eigenvalue weighted by Crippen LogP contribution is 2.31. The van der Waals surface area contributed by atoms with Crippen molar-refractivity contribution in [2.24, 2.45) is 0 Å². The Labute approximate surface area is 155 Å². The summed E-state index contributed by atoms with van der Waals surface area (Å²) in [5, 5.41) is 3.88. The van der Waals surface area contributed by atoms with Crippen molar-refractivity contribution < 1.29 is 17.7 Å². The summed E-state index contributed by atoms with van der Waals surface area (Å²) in [7, 11) is -2.38. The van der Waals surface area contributed by atoms with E-state index in [1.807, 2.05) is 34.6 Å². The Morgan fingerprint density at radius 1 is 1.12 bits per heavy atom. The largest absolute Gasteiger partial charge is 0.495 e. The molecule has 0 aliphatic carbocycles. The Kier molecular flexibility index (Phi) is 6.08. The van der Waals surface area contributed by atoms with E-state index in [-0.39, 0.29) is 22.6 Å².